The quantitative estimate of drug-likeness (QED) is 0.879. The summed E-state index contributed by atoms with van der Waals surface area (Å²) in [7, 11) is 0. The predicted molar refractivity (Wildman–Crippen MR) is 77.9 cm³/mol. The van der Waals surface area contributed by atoms with Gasteiger partial charge < -0.3 is 15.5 Å². The number of thiazole rings is 1. The maximum Gasteiger partial charge on any atom is 0.273 e. The highest BCUT2D eigenvalue weighted by Gasteiger charge is 2.37. The molecule has 1 saturated carbocycles. The summed E-state index contributed by atoms with van der Waals surface area (Å²) in [5, 5.41) is 2.45. The van der Waals surface area contributed by atoms with Crippen molar-refractivity contribution >= 4 is 35.6 Å². The summed E-state index contributed by atoms with van der Waals surface area (Å²) in [5.41, 5.74) is 5.89. The van der Waals surface area contributed by atoms with Crippen LogP contribution < -0.4 is 5.73 Å². The van der Waals surface area contributed by atoms with Gasteiger partial charge in [-0.25, -0.2) is 4.98 Å². The van der Waals surface area contributed by atoms with Gasteiger partial charge in [-0.15, -0.1) is 23.7 Å². The fourth-order valence-corrected chi connectivity index (χ4v) is 2.95. The van der Waals surface area contributed by atoms with Crippen molar-refractivity contribution in [2.24, 2.45) is 5.73 Å². The molecule has 1 saturated heterocycles. The van der Waals surface area contributed by atoms with Gasteiger partial charge in [-0.3, -0.25) is 9.59 Å². The average molecular weight is 317 g/mol. The summed E-state index contributed by atoms with van der Waals surface area (Å²) in [5.74, 6) is -0.115. The summed E-state index contributed by atoms with van der Waals surface area (Å²) in [4.78, 5) is 31.9. The smallest absolute Gasteiger partial charge is 0.273 e. The van der Waals surface area contributed by atoms with Crippen LogP contribution in [0, 0.1) is 0 Å². The van der Waals surface area contributed by atoms with Crippen molar-refractivity contribution < 1.29 is 9.59 Å². The van der Waals surface area contributed by atoms with Gasteiger partial charge in [-0.2, -0.15) is 0 Å². The zero-order valence-electron chi connectivity index (χ0n) is 10.9. The zero-order valence-corrected chi connectivity index (χ0v) is 12.6. The second-order valence-electron chi connectivity index (χ2n) is 4.88. The monoisotopic (exact) mass is 316 g/mol. The Bertz CT molecular complexity index is 517. The molecule has 6 nitrogen and oxygen atoms in total. The van der Waals surface area contributed by atoms with Crippen LogP contribution in [0.2, 0.25) is 0 Å². The molecule has 0 radical (unpaired) electrons. The Morgan fingerprint density at radius 2 is 2.20 bits per heavy atom. The molecule has 2 fully saturated rings. The van der Waals surface area contributed by atoms with Crippen LogP contribution in [0.5, 0.6) is 0 Å². The fourth-order valence-electron chi connectivity index (χ4n) is 2.30. The Balaban J connectivity index is 0.00000147. The van der Waals surface area contributed by atoms with Crippen LogP contribution in [0.15, 0.2) is 5.38 Å². The molecule has 2 amide bonds. The topological polar surface area (TPSA) is 79.5 Å². The Morgan fingerprint density at radius 1 is 1.45 bits per heavy atom. The van der Waals surface area contributed by atoms with E-state index in [0.29, 0.717) is 31.4 Å². The van der Waals surface area contributed by atoms with Gasteiger partial charge in [0.2, 0.25) is 5.91 Å². The number of amides is 2. The van der Waals surface area contributed by atoms with E-state index < -0.39 is 0 Å². The summed E-state index contributed by atoms with van der Waals surface area (Å²) >= 11 is 1.38. The Kier molecular flexibility index (Phi) is 4.62. The fraction of sp³-hybridized carbons (Fsp3) is 0.583. The number of piperazine rings is 1. The first-order chi connectivity index (χ1) is 9.19. The van der Waals surface area contributed by atoms with Crippen LogP contribution in [0.25, 0.3) is 0 Å². The number of carbonyl (C=O) groups is 2. The minimum absolute atomic E-state index is 0. The third-order valence-electron chi connectivity index (χ3n) is 3.48. The number of carbonyl (C=O) groups excluding carboxylic acids is 2. The maximum absolute atomic E-state index is 12.2. The molecule has 0 unspecified atom stereocenters. The number of aromatic nitrogens is 1. The SMILES string of the molecule is Cl.NCc1nc(C(=O)N2CCN(C3CC3)C(=O)C2)cs1. The minimum Gasteiger partial charge on any atom is -0.336 e. The van der Waals surface area contributed by atoms with Gasteiger partial charge >= 0.3 is 0 Å². The van der Waals surface area contributed by atoms with Crippen LogP contribution in [0.3, 0.4) is 0 Å². The second kappa shape index (κ2) is 6.07. The third kappa shape index (κ3) is 2.94. The van der Waals surface area contributed by atoms with Gasteiger partial charge in [0.05, 0.1) is 0 Å². The van der Waals surface area contributed by atoms with Gasteiger partial charge in [0.1, 0.15) is 17.2 Å². The van der Waals surface area contributed by atoms with E-state index in [-0.39, 0.29) is 30.8 Å². The number of nitrogens with two attached hydrogens (primary N) is 1. The Morgan fingerprint density at radius 3 is 2.75 bits per heavy atom. The molecule has 0 aromatic carbocycles. The molecule has 2 heterocycles. The lowest BCUT2D eigenvalue weighted by Gasteiger charge is -2.34. The molecule has 2 N–H and O–H groups in total. The summed E-state index contributed by atoms with van der Waals surface area (Å²) in [6.45, 7) is 1.75. The van der Waals surface area contributed by atoms with Crippen molar-refractivity contribution in [1.82, 2.24) is 14.8 Å². The molecule has 0 bridgehead atoms. The molecule has 0 spiro atoms. The number of rotatable bonds is 3. The molecule has 1 aliphatic heterocycles. The number of hydrogen-bond donors (Lipinski definition) is 1. The molecule has 110 valence electrons. The third-order valence-corrected chi connectivity index (χ3v) is 4.35. The lowest BCUT2D eigenvalue weighted by Crippen LogP contribution is -2.52. The number of hydrogen-bond acceptors (Lipinski definition) is 5. The molecular formula is C12H17ClN4O2S. The van der Waals surface area contributed by atoms with Crippen LogP contribution in [-0.4, -0.2) is 52.3 Å². The summed E-state index contributed by atoms with van der Waals surface area (Å²) in [6.07, 6.45) is 2.21. The average Bonchev–Trinajstić information content (AvgIpc) is 3.14. The number of nitrogens with zero attached hydrogens (tertiary/aromatic N) is 3. The molecule has 1 aliphatic carbocycles. The largest absolute Gasteiger partial charge is 0.336 e. The minimum atomic E-state index is -0.167. The van der Waals surface area contributed by atoms with Gasteiger partial charge in [-0.05, 0) is 12.8 Å². The van der Waals surface area contributed by atoms with Crippen molar-refractivity contribution in [3.63, 3.8) is 0 Å². The van der Waals surface area contributed by atoms with Crippen LogP contribution >= 0.6 is 23.7 Å². The van der Waals surface area contributed by atoms with Crippen LogP contribution in [0.4, 0.5) is 0 Å². The van der Waals surface area contributed by atoms with E-state index in [4.69, 9.17) is 5.73 Å². The summed E-state index contributed by atoms with van der Waals surface area (Å²) < 4.78 is 0. The highest BCUT2D eigenvalue weighted by atomic mass is 35.5. The van der Waals surface area contributed by atoms with E-state index in [2.05, 4.69) is 4.98 Å². The van der Waals surface area contributed by atoms with Crippen molar-refractivity contribution in [1.29, 1.82) is 0 Å². The van der Waals surface area contributed by atoms with Crippen molar-refractivity contribution in [2.75, 3.05) is 19.6 Å². The molecule has 2 aliphatic rings. The molecule has 0 atom stereocenters. The zero-order chi connectivity index (χ0) is 13.4. The van der Waals surface area contributed by atoms with Crippen molar-refractivity contribution in [3.8, 4) is 0 Å². The highest BCUT2D eigenvalue weighted by molar-refractivity contribution is 7.09. The molecular weight excluding hydrogens is 300 g/mol. The standard InChI is InChI=1S/C12H16N4O2S.ClH/c13-5-10-14-9(7-19-10)12(18)15-3-4-16(8-1-2-8)11(17)6-15;/h7-8H,1-6,13H2;1H. The van der Waals surface area contributed by atoms with Gasteiger partial charge in [0.15, 0.2) is 0 Å². The first-order valence-electron chi connectivity index (χ1n) is 6.42. The molecule has 1 aromatic rings. The van der Waals surface area contributed by atoms with Crippen LogP contribution in [0.1, 0.15) is 28.3 Å². The molecule has 20 heavy (non-hydrogen) atoms. The normalized spacial score (nSPS) is 18.9. The lowest BCUT2D eigenvalue weighted by atomic mass is 10.2. The Hall–Kier alpha value is -1.18. The van der Waals surface area contributed by atoms with E-state index in [1.807, 2.05) is 4.90 Å². The molecule has 8 heteroatoms. The van der Waals surface area contributed by atoms with Gasteiger partial charge in [-0.1, -0.05) is 0 Å². The van der Waals surface area contributed by atoms with E-state index in [9.17, 15) is 9.59 Å². The first kappa shape index (κ1) is 15.2. The molecule has 3 rings (SSSR count). The lowest BCUT2D eigenvalue weighted by molar-refractivity contribution is -0.135. The maximum atomic E-state index is 12.2. The second-order valence-corrected chi connectivity index (χ2v) is 5.82. The van der Waals surface area contributed by atoms with E-state index >= 15 is 0 Å². The van der Waals surface area contributed by atoms with Crippen LogP contribution in [-0.2, 0) is 11.3 Å². The van der Waals surface area contributed by atoms with E-state index in [0.717, 1.165) is 17.8 Å². The molecule has 1 aromatic heterocycles. The predicted octanol–water partition coefficient (Wildman–Crippen LogP) is 0.470. The Labute approximate surface area is 127 Å². The van der Waals surface area contributed by atoms with Crippen molar-refractivity contribution in [3.05, 3.63) is 16.1 Å². The van der Waals surface area contributed by atoms with Gasteiger partial charge in [0, 0.05) is 31.1 Å². The summed E-state index contributed by atoms with van der Waals surface area (Å²) in [6, 6.07) is 0.424. The van der Waals surface area contributed by atoms with Gasteiger partial charge in [0.25, 0.3) is 5.91 Å². The van der Waals surface area contributed by atoms with E-state index in [1.165, 1.54) is 11.3 Å². The number of halogens is 1. The van der Waals surface area contributed by atoms with E-state index in [1.54, 1.807) is 10.3 Å². The first-order valence-corrected chi connectivity index (χ1v) is 7.30. The highest BCUT2D eigenvalue weighted by Crippen LogP contribution is 2.28. The van der Waals surface area contributed by atoms with Crippen molar-refractivity contribution in [2.45, 2.75) is 25.4 Å².